The number of aliphatic hydroxyl groups excluding tert-OH is 1. The molecular weight excluding hydrogens is 305 g/mol. The lowest BCUT2D eigenvalue weighted by Crippen LogP contribution is -2.42. The van der Waals surface area contributed by atoms with Crippen molar-refractivity contribution in [3.8, 4) is 5.75 Å². The number of ether oxygens (including phenoxy) is 1. The van der Waals surface area contributed by atoms with Gasteiger partial charge >= 0.3 is 5.97 Å². The van der Waals surface area contributed by atoms with E-state index in [0.717, 1.165) is 17.0 Å². The Morgan fingerprint density at radius 3 is 2.81 bits per heavy atom. The highest BCUT2D eigenvalue weighted by Gasteiger charge is 2.38. The predicted molar refractivity (Wildman–Crippen MR) is 70.7 cm³/mol. The van der Waals surface area contributed by atoms with Crippen molar-refractivity contribution < 1.29 is 28.9 Å². The zero-order valence-corrected chi connectivity index (χ0v) is 11.6. The number of aliphatic carboxylic acids is 1. The van der Waals surface area contributed by atoms with E-state index in [-0.39, 0.29) is 23.7 Å². The predicted octanol–water partition coefficient (Wildman–Crippen LogP) is 0.904. The number of carbonyl (C=O) groups excluding carboxylic acids is 1. The van der Waals surface area contributed by atoms with Gasteiger partial charge in [-0.2, -0.15) is 0 Å². The Morgan fingerprint density at radius 1 is 1.48 bits per heavy atom. The minimum absolute atomic E-state index is 0.0130. The number of carboxylic acids is 1. The van der Waals surface area contributed by atoms with Crippen LogP contribution in [0.5, 0.6) is 5.75 Å². The standard InChI is InChI=1S/C13H13ClFNO5/c14-9-3-7(15)1-2-11(9)21-6-12(18)16-5-8(17)4-10(16)13(19)20/h1-3,8,10,17H,4-6H2,(H,19,20)/t8?,10-/m0/s1. The van der Waals surface area contributed by atoms with Crippen LogP contribution in [-0.4, -0.2) is 52.3 Å². The van der Waals surface area contributed by atoms with Gasteiger partial charge in [-0.1, -0.05) is 11.6 Å². The zero-order valence-electron chi connectivity index (χ0n) is 10.8. The van der Waals surface area contributed by atoms with Gasteiger partial charge in [-0.3, -0.25) is 4.79 Å². The number of β-amino-alcohol motifs (C(OH)–C–C–N with tert-alkyl or cyclic N) is 1. The SMILES string of the molecule is O=C(O)[C@@H]1CC(O)CN1C(=O)COc1ccc(F)cc1Cl. The van der Waals surface area contributed by atoms with E-state index in [1.54, 1.807) is 0 Å². The van der Waals surface area contributed by atoms with Crippen LogP contribution in [0.2, 0.25) is 5.02 Å². The molecule has 2 N–H and O–H groups in total. The van der Waals surface area contributed by atoms with Crippen molar-refractivity contribution >= 4 is 23.5 Å². The lowest BCUT2D eigenvalue weighted by Gasteiger charge is -2.21. The third-order valence-electron chi connectivity index (χ3n) is 3.13. The summed E-state index contributed by atoms with van der Waals surface area (Å²) in [6.45, 7) is -0.502. The van der Waals surface area contributed by atoms with Crippen LogP contribution in [-0.2, 0) is 9.59 Å². The molecule has 0 spiro atoms. The Balaban J connectivity index is 1.99. The molecule has 8 heteroatoms. The lowest BCUT2D eigenvalue weighted by molar-refractivity contribution is -0.148. The second-order valence-corrected chi connectivity index (χ2v) is 5.06. The Labute approximate surface area is 124 Å². The average molecular weight is 318 g/mol. The Bertz CT molecular complexity index is 567. The first-order valence-electron chi connectivity index (χ1n) is 6.16. The molecule has 1 aliphatic rings. The first-order chi connectivity index (χ1) is 9.88. The van der Waals surface area contributed by atoms with Gasteiger partial charge in [-0.15, -0.1) is 0 Å². The summed E-state index contributed by atoms with van der Waals surface area (Å²) >= 11 is 5.75. The summed E-state index contributed by atoms with van der Waals surface area (Å²) in [5.74, 6) is -2.18. The summed E-state index contributed by atoms with van der Waals surface area (Å²) in [5.41, 5.74) is 0. The summed E-state index contributed by atoms with van der Waals surface area (Å²) in [6, 6.07) is 2.38. The third kappa shape index (κ3) is 3.62. The number of hydrogen-bond donors (Lipinski definition) is 2. The zero-order chi connectivity index (χ0) is 15.6. The fourth-order valence-electron chi connectivity index (χ4n) is 2.14. The van der Waals surface area contributed by atoms with E-state index in [1.807, 2.05) is 0 Å². The first kappa shape index (κ1) is 15.5. The molecule has 1 aromatic rings. The van der Waals surface area contributed by atoms with Crippen molar-refractivity contribution in [2.24, 2.45) is 0 Å². The summed E-state index contributed by atoms with van der Waals surface area (Å²) in [4.78, 5) is 24.0. The third-order valence-corrected chi connectivity index (χ3v) is 3.42. The number of amides is 1. The summed E-state index contributed by atoms with van der Waals surface area (Å²) < 4.78 is 18.0. The summed E-state index contributed by atoms with van der Waals surface area (Å²) in [5, 5.41) is 18.5. The maximum Gasteiger partial charge on any atom is 0.326 e. The molecule has 6 nitrogen and oxygen atoms in total. The highest BCUT2D eigenvalue weighted by molar-refractivity contribution is 6.32. The summed E-state index contributed by atoms with van der Waals surface area (Å²) in [7, 11) is 0. The smallest absolute Gasteiger partial charge is 0.326 e. The van der Waals surface area contributed by atoms with Crippen LogP contribution >= 0.6 is 11.6 Å². The van der Waals surface area contributed by atoms with Gasteiger partial charge in [0.05, 0.1) is 11.1 Å². The van der Waals surface area contributed by atoms with Crippen molar-refractivity contribution in [2.45, 2.75) is 18.6 Å². The molecule has 1 aromatic carbocycles. The number of aliphatic hydroxyl groups is 1. The quantitative estimate of drug-likeness (QED) is 0.861. The van der Waals surface area contributed by atoms with E-state index >= 15 is 0 Å². The number of likely N-dealkylation sites (tertiary alicyclic amines) is 1. The topological polar surface area (TPSA) is 87.1 Å². The Hall–Kier alpha value is -1.86. The lowest BCUT2D eigenvalue weighted by atomic mass is 10.2. The molecule has 1 aliphatic heterocycles. The van der Waals surface area contributed by atoms with E-state index in [1.165, 1.54) is 6.07 Å². The number of rotatable bonds is 4. The molecule has 1 heterocycles. The van der Waals surface area contributed by atoms with Gasteiger partial charge in [0, 0.05) is 13.0 Å². The maximum absolute atomic E-state index is 12.9. The second kappa shape index (κ2) is 6.28. The van der Waals surface area contributed by atoms with Crippen LogP contribution in [0.3, 0.4) is 0 Å². The van der Waals surface area contributed by atoms with Gasteiger partial charge in [0.1, 0.15) is 17.6 Å². The van der Waals surface area contributed by atoms with Gasteiger partial charge < -0.3 is 19.8 Å². The molecular formula is C13H13ClFNO5. The van der Waals surface area contributed by atoms with E-state index in [4.69, 9.17) is 21.4 Å². The molecule has 0 aliphatic carbocycles. The fraction of sp³-hybridized carbons (Fsp3) is 0.385. The van der Waals surface area contributed by atoms with Gasteiger partial charge in [-0.25, -0.2) is 9.18 Å². The maximum atomic E-state index is 12.9. The highest BCUT2D eigenvalue weighted by atomic mass is 35.5. The molecule has 0 aromatic heterocycles. The van der Waals surface area contributed by atoms with Gasteiger partial charge in [0.15, 0.2) is 6.61 Å². The molecule has 114 valence electrons. The number of carbonyl (C=O) groups is 2. The molecule has 0 radical (unpaired) electrons. The van der Waals surface area contributed by atoms with E-state index < -0.39 is 36.4 Å². The number of nitrogens with zero attached hydrogens (tertiary/aromatic N) is 1. The molecule has 0 saturated carbocycles. The van der Waals surface area contributed by atoms with Crippen molar-refractivity contribution in [1.29, 1.82) is 0 Å². The molecule has 0 bridgehead atoms. The van der Waals surface area contributed by atoms with Crippen molar-refractivity contribution in [2.75, 3.05) is 13.2 Å². The van der Waals surface area contributed by atoms with Gasteiger partial charge in [0.25, 0.3) is 5.91 Å². The fourth-order valence-corrected chi connectivity index (χ4v) is 2.36. The number of hydrogen-bond acceptors (Lipinski definition) is 4. The normalized spacial score (nSPS) is 21.4. The second-order valence-electron chi connectivity index (χ2n) is 4.65. The van der Waals surface area contributed by atoms with E-state index in [0.29, 0.717) is 0 Å². The minimum Gasteiger partial charge on any atom is -0.482 e. The Kier molecular flexibility index (Phi) is 4.64. The first-order valence-corrected chi connectivity index (χ1v) is 6.54. The van der Waals surface area contributed by atoms with Gasteiger partial charge in [0.2, 0.25) is 0 Å². The molecule has 21 heavy (non-hydrogen) atoms. The molecule has 1 amide bonds. The van der Waals surface area contributed by atoms with Crippen LogP contribution in [0, 0.1) is 5.82 Å². The van der Waals surface area contributed by atoms with Crippen LogP contribution in [0.15, 0.2) is 18.2 Å². The molecule has 1 fully saturated rings. The van der Waals surface area contributed by atoms with Crippen LogP contribution in [0.25, 0.3) is 0 Å². The molecule has 2 atom stereocenters. The van der Waals surface area contributed by atoms with E-state index in [2.05, 4.69) is 0 Å². The monoisotopic (exact) mass is 317 g/mol. The largest absolute Gasteiger partial charge is 0.482 e. The van der Waals surface area contributed by atoms with Crippen LogP contribution in [0.1, 0.15) is 6.42 Å². The number of halogens is 2. The van der Waals surface area contributed by atoms with Crippen molar-refractivity contribution in [1.82, 2.24) is 4.90 Å². The molecule has 2 rings (SSSR count). The number of carboxylic acid groups (broad SMARTS) is 1. The molecule has 1 saturated heterocycles. The minimum atomic E-state index is -1.18. The van der Waals surface area contributed by atoms with Gasteiger partial charge in [-0.05, 0) is 18.2 Å². The number of benzene rings is 1. The van der Waals surface area contributed by atoms with Crippen LogP contribution in [0.4, 0.5) is 4.39 Å². The average Bonchev–Trinajstić information content (AvgIpc) is 2.80. The van der Waals surface area contributed by atoms with Crippen LogP contribution < -0.4 is 4.74 Å². The van der Waals surface area contributed by atoms with E-state index in [9.17, 15) is 19.1 Å². The summed E-state index contributed by atoms with van der Waals surface area (Å²) in [6.07, 6.45) is -0.886. The van der Waals surface area contributed by atoms with Crippen molar-refractivity contribution in [3.05, 3.63) is 29.0 Å². The Morgan fingerprint density at radius 2 is 2.19 bits per heavy atom. The molecule has 1 unspecified atom stereocenters. The van der Waals surface area contributed by atoms with Crippen molar-refractivity contribution in [3.63, 3.8) is 0 Å². The highest BCUT2D eigenvalue weighted by Crippen LogP contribution is 2.25.